The molecular weight excluding hydrogens is 422 g/mol. The predicted molar refractivity (Wildman–Crippen MR) is 112 cm³/mol. The molecule has 3 atom stereocenters. The fourth-order valence-electron chi connectivity index (χ4n) is 5.11. The molecule has 0 radical (unpaired) electrons. The number of sulfonamides is 1. The third-order valence-corrected chi connectivity index (χ3v) is 7.84. The van der Waals surface area contributed by atoms with E-state index < -0.39 is 34.0 Å². The number of esters is 1. The molecule has 10 heteroatoms. The summed E-state index contributed by atoms with van der Waals surface area (Å²) in [5.74, 6) is -1.75. The Kier molecular flexibility index (Phi) is 5.92. The van der Waals surface area contributed by atoms with Crippen molar-refractivity contribution in [3.8, 4) is 0 Å². The fourth-order valence-corrected chi connectivity index (χ4v) is 6.93. The SMILES string of the molecule is CC(OC(=O)c1cccc(S(=O)(=O)N2CC3(C)CC2CC(C)(C)C3)c1)C(=O)NC(N)=O. The van der Waals surface area contributed by atoms with Crippen LogP contribution >= 0.6 is 0 Å². The average Bonchev–Trinajstić information content (AvgIpc) is 2.90. The Hall–Kier alpha value is -2.46. The molecule has 1 aliphatic heterocycles. The number of urea groups is 1. The quantitative estimate of drug-likeness (QED) is 0.657. The molecule has 3 N–H and O–H groups in total. The van der Waals surface area contributed by atoms with Gasteiger partial charge < -0.3 is 10.5 Å². The summed E-state index contributed by atoms with van der Waals surface area (Å²) in [7, 11) is -3.81. The van der Waals surface area contributed by atoms with E-state index in [4.69, 9.17) is 10.5 Å². The molecule has 2 fully saturated rings. The number of fused-ring (bicyclic) bond motifs is 2. The van der Waals surface area contributed by atoms with Gasteiger partial charge in [-0.05, 0) is 55.2 Å². The van der Waals surface area contributed by atoms with Crippen molar-refractivity contribution in [1.82, 2.24) is 9.62 Å². The second-order valence-electron chi connectivity index (χ2n) is 9.69. The number of hydrogen-bond donors (Lipinski definition) is 2. The minimum absolute atomic E-state index is 0.00477. The maximum atomic E-state index is 13.4. The Labute approximate surface area is 182 Å². The second-order valence-corrected chi connectivity index (χ2v) is 11.6. The number of nitrogens with zero attached hydrogens (tertiary/aromatic N) is 1. The number of carbonyl (C=O) groups is 3. The molecular formula is C21H29N3O6S. The van der Waals surface area contributed by atoms with Crippen molar-refractivity contribution >= 4 is 27.9 Å². The van der Waals surface area contributed by atoms with Gasteiger partial charge in [-0.1, -0.05) is 26.8 Å². The van der Waals surface area contributed by atoms with Crippen LogP contribution in [0.3, 0.4) is 0 Å². The largest absolute Gasteiger partial charge is 0.449 e. The number of primary amides is 1. The van der Waals surface area contributed by atoms with Crippen LogP contribution in [0.4, 0.5) is 4.79 Å². The van der Waals surface area contributed by atoms with Crippen LogP contribution in [-0.2, 0) is 19.6 Å². The number of carbonyl (C=O) groups excluding carboxylic acids is 3. The van der Waals surface area contributed by atoms with Gasteiger partial charge in [-0.15, -0.1) is 0 Å². The topological polar surface area (TPSA) is 136 Å². The van der Waals surface area contributed by atoms with Gasteiger partial charge in [0.05, 0.1) is 10.5 Å². The monoisotopic (exact) mass is 451 g/mol. The molecule has 3 unspecified atom stereocenters. The molecule has 0 aromatic heterocycles. The highest BCUT2D eigenvalue weighted by Gasteiger charge is 2.53. The molecule has 1 saturated heterocycles. The zero-order valence-electron chi connectivity index (χ0n) is 18.2. The highest BCUT2D eigenvalue weighted by atomic mass is 32.2. The summed E-state index contributed by atoms with van der Waals surface area (Å²) in [5, 5.41) is 1.82. The molecule has 1 heterocycles. The minimum atomic E-state index is -3.81. The molecule has 1 aliphatic carbocycles. The summed E-state index contributed by atoms with van der Waals surface area (Å²) >= 11 is 0. The van der Waals surface area contributed by atoms with Crippen LogP contribution < -0.4 is 11.1 Å². The van der Waals surface area contributed by atoms with Gasteiger partial charge in [0.1, 0.15) is 0 Å². The fraction of sp³-hybridized carbons (Fsp3) is 0.571. The van der Waals surface area contributed by atoms with Gasteiger partial charge in [0.15, 0.2) is 6.10 Å². The van der Waals surface area contributed by atoms with Crippen LogP contribution in [0.5, 0.6) is 0 Å². The standard InChI is InChI=1S/C21H29N3O6S/c1-13(17(25)23-19(22)27)30-18(26)14-6-5-7-16(8-14)31(28,29)24-12-21(4)10-15(24)9-20(2,3)11-21/h5-8,13,15H,9-12H2,1-4H3,(H3,22,23,25,27). The molecule has 2 aliphatic rings. The van der Waals surface area contributed by atoms with Crippen molar-refractivity contribution in [2.24, 2.45) is 16.6 Å². The van der Waals surface area contributed by atoms with Gasteiger partial charge in [0.25, 0.3) is 5.91 Å². The van der Waals surface area contributed by atoms with Crippen LogP contribution in [0.1, 0.15) is 57.3 Å². The zero-order chi connectivity index (χ0) is 23.2. The maximum absolute atomic E-state index is 13.4. The first-order chi connectivity index (χ1) is 14.2. The van der Waals surface area contributed by atoms with Crippen molar-refractivity contribution in [3.63, 3.8) is 0 Å². The van der Waals surface area contributed by atoms with E-state index in [1.807, 2.05) is 5.32 Å². The van der Waals surface area contributed by atoms with Crippen molar-refractivity contribution in [2.45, 2.75) is 64.0 Å². The van der Waals surface area contributed by atoms with Crippen molar-refractivity contribution in [3.05, 3.63) is 29.8 Å². The van der Waals surface area contributed by atoms with E-state index >= 15 is 0 Å². The van der Waals surface area contributed by atoms with Gasteiger partial charge in [-0.25, -0.2) is 18.0 Å². The highest BCUT2D eigenvalue weighted by molar-refractivity contribution is 7.89. The van der Waals surface area contributed by atoms with E-state index in [1.54, 1.807) is 4.31 Å². The summed E-state index contributed by atoms with van der Waals surface area (Å²) in [6.45, 7) is 8.19. The second kappa shape index (κ2) is 7.90. The van der Waals surface area contributed by atoms with Crippen molar-refractivity contribution in [1.29, 1.82) is 0 Å². The van der Waals surface area contributed by atoms with Crippen LogP contribution in [-0.4, -0.2) is 49.3 Å². The van der Waals surface area contributed by atoms with E-state index in [0.717, 1.165) is 19.3 Å². The van der Waals surface area contributed by atoms with Crippen LogP contribution in [0.15, 0.2) is 29.2 Å². The first kappa shape index (κ1) is 23.2. The molecule has 3 rings (SSSR count). The molecule has 1 aromatic rings. The number of nitrogens with one attached hydrogen (secondary N) is 1. The Bertz CT molecular complexity index is 1020. The molecule has 1 aromatic carbocycles. The van der Waals surface area contributed by atoms with Crippen LogP contribution in [0, 0.1) is 10.8 Å². The summed E-state index contributed by atoms with van der Waals surface area (Å²) in [6.07, 6.45) is 1.29. The maximum Gasteiger partial charge on any atom is 0.338 e. The number of imide groups is 1. The summed E-state index contributed by atoms with van der Waals surface area (Å²) in [4.78, 5) is 34.9. The molecule has 2 bridgehead atoms. The Morgan fingerprint density at radius 1 is 1.23 bits per heavy atom. The third-order valence-electron chi connectivity index (χ3n) is 5.94. The number of benzene rings is 1. The molecule has 0 spiro atoms. The Balaban J connectivity index is 1.80. The number of ether oxygens (including phenoxy) is 1. The normalized spacial score (nSPS) is 26.1. The predicted octanol–water partition coefficient (Wildman–Crippen LogP) is 2.02. The van der Waals surface area contributed by atoms with E-state index in [-0.39, 0.29) is 27.3 Å². The van der Waals surface area contributed by atoms with Crippen LogP contribution in [0.25, 0.3) is 0 Å². The van der Waals surface area contributed by atoms with Gasteiger partial charge in [0.2, 0.25) is 10.0 Å². The highest BCUT2D eigenvalue weighted by Crippen LogP contribution is 2.53. The zero-order valence-corrected chi connectivity index (χ0v) is 19.0. The molecule has 9 nitrogen and oxygen atoms in total. The summed E-state index contributed by atoms with van der Waals surface area (Å²) < 4.78 is 33.4. The number of amides is 3. The molecule has 170 valence electrons. The van der Waals surface area contributed by atoms with Gasteiger partial charge in [0, 0.05) is 12.6 Å². The lowest BCUT2D eigenvalue weighted by Crippen LogP contribution is -2.42. The smallest absolute Gasteiger partial charge is 0.338 e. The number of rotatable bonds is 5. The first-order valence-corrected chi connectivity index (χ1v) is 11.6. The lowest BCUT2D eigenvalue weighted by atomic mass is 9.65. The number of nitrogens with two attached hydrogens (primary N) is 1. The van der Waals surface area contributed by atoms with Crippen molar-refractivity contribution in [2.75, 3.05) is 6.54 Å². The molecule has 3 amide bonds. The average molecular weight is 452 g/mol. The van der Waals surface area contributed by atoms with Gasteiger partial charge in [-0.3, -0.25) is 10.1 Å². The molecule has 31 heavy (non-hydrogen) atoms. The van der Waals surface area contributed by atoms with E-state index in [2.05, 4.69) is 20.8 Å². The third kappa shape index (κ3) is 4.90. The van der Waals surface area contributed by atoms with Crippen molar-refractivity contribution < 1.29 is 27.5 Å². The Morgan fingerprint density at radius 3 is 2.55 bits per heavy atom. The van der Waals surface area contributed by atoms with E-state index in [0.29, 0.717) is 6.54 Å². The van der Waals surface area contributed by atoms with Gasteiger partial charge >= 0.3 is 12.0 Å². The Morgan fingerprint density at radius 2 is 1.90 bits per heavy atom. The molecule has 1 saturated carbocycles. The van der Waals surface area contributed by atoms with Gasteiger partial charge in [-0.2, -0.15) is 4.31 Å². The minimum Gasteiger partial charge on any atom is -0.449 e. The van der Waals surface area contributed by atoms with E-state index in [9.17, 15) is 22.8 Å². The van der Waals surface area contributed by atoms with E-state index in [1.165, 1.54) is 31.2 Å². The lowest BCUT2D eigenvalue weighted by Gasteiger charge is -2.39. The summed E-state index contributed by atoms with van der Waals surface area (Å²) in [5.41, 5.74) is 4.87. The summed E-state index contributed by atoms with van der Waals surface area (Å²) in [6, 6.07) is 4.44. The lowest BCUT2D eigenvalue weighted by molar-refractivity contribution is -0.127. The van der Waals surface area contributed by atoms with Crippen LogP contribution in [0.2, 0.25) is 0 Å². The number of hydrogen-bond acceptors (Lipinski definition) is 6. The first-order valence-electron chi connectivity index (χ1n) is 10.2.